The molecule has 0 spiro atoms. The maximum Gasteiger partial charge on any atom is 0.237 e. The van der Waals surface area contributed by atoms with Gasteiger partial charge in [-0.05, 0) is 18.1 Å². The van der Waals surface area contributed by atoms with Gasteiger partial charge < -0.3 is 10.1 Å². The number of rotatable bonds is 5. The zero-order chi connectivity index (χ0) is 12.1. The van der Waals surface area contributed by atoms with E-state index in [1.165, 1.54) is 11.5 Å². The van der Waals surface area contributed by atoms with Crippen molar-refractivity contribution in [3.8, 4) is 5.88 Å². The molecular formula is C10H13N5OS. The standard InChI is InChI=1S/C10H13N5OS/c1-3-11-8(7-6-17-15-14-7)9-10(16-2)13-5-4-12-9/h4-6,8,11H,3H2,1-2H3. The van der Waals surface area contributed by atoms with Crippen molar-refractivity contribution in [3.63, 3.8) is 0 Å². The molecule has 0 fully saturated rings. The van der Waals surface area contributed by atoms with E-state index in [1.807, 2.05) is 12.3 Å². The second-order valence-electron chi connectivity index (χ2n) is 3.27. The molecule has 17 heavy (non-hydrogen) atoms. The summed E-state index contributed by atoms with van der Waals surface area (Å²) in [6, 6.07) is -0.137. The monoisotopic (exact) mass is 251 g/mol. The van der Waals surface area contributed by atoms with Crippen LogP contribution in [0.3, 0.4) is 0 Å². The van der Waals surface area contributed by atoms with E-state index in [2.05, 4.69) is 24.9 Å². The van der Waals surface area contributed by atoms with Gasteiger partial charge in [-0.25, -0.2) is 4.98 Å². The van der Waals surface area contributed by atoms with Gasteiger partial charge in [0, 0.05) is 17.8 Å². The molecular weight excluding hydrogens is 238 g/mol. The Kier molecular flexibility index (Phi) is 3.94. The van der Waals surface area contributed by atoms with Crippen molar-refractivity contribution in [2.75, 3.05) is 13.7 Å². The van der Waals surface area contributed by atoms with E-state index in [4.69, 9.17) is 4.74 Å². The third-order valence-electron chi connectivity index (χ3n) is 2.24. The normalized spacial score (nSPS) is 12.4. The average molecular weight is 251 g/mol. The average Bonchev–Trinajstić information content (AvgIpc) is 2.89. The van der Waals surface area contributed by atoms with E-state index < -0.39 is 0 Å². The molecule has 0 amide bonds. The molecule has 0 bridgehead atoms. The van der Waals surface area contributed by atoms with Gasteiger partial charge in [0.15, 0.2) is 0 Å². The lowest BCUT2D eigenvalue weighted by atomic mass is 10.1. The molecule has 2 rings (SSSR count). The van der Waals surface area contributed by atoms with Gasteiger partial charge in [-0.15, -0.1) is 5.10 Å². The van der Waals surface area contributed by atoms with Crippen molar-refractivity contribution < 1.29 is 4.74 Å². The maximum atomic E-state index is 5.21. The summed E-state index contributed by atoms with van der Waals surface area (Å²) in [4.78, 5) is 8.45. The van der Waals surface area contributed by atoms with Gasteiger partial charge in [0.05, 0.1) is 12.8 Å². The van der Waals surface area contributed by atoms with E-state index in [0.717, 1.165) is 17.9 Å². The van der Waals surface area contributed by atoms with Crippen molar-refractivity contribution in [2.24, 2.45) is 0 Å². The zero-order valence-corrected chi connectivity index (χ0v) is 10.4. The van der Waals surface area contributed by atoms with Crippen LogP contribution in [0.15, 0.2) is 17.8 Å². The van der Waals surface area contributed by atoms with Crippen LogP contribution in [-0.2, 0) is 0 Å². The number of nitrogens with zero attached hydrogens (tertiary/aromatic N) is 4. The van der Waals surface area contributed by atoms with E-state index in [-0.39, 0.29) is 6.04 Å². The van der Waals surface area contributed by atoms with Gasteiger partial charge in [-0.1, -0.05) is 11.4 Å². The summed E-state index contributed by atoms with van der Waals surface area (Å²) in [5.74, 6) is 0.506. The Balaban J connectivity index is 2.39. The fraction of sp³-hybridized carbons (Fsp3) is 0.400. The number of methoxy groups -OCH3 is 1. The smallest absolute Gasteiger partial charge is 0.237 e. The molecule has 90 valence electrons. The first kappa shape index (κ1) is 11.9. The lowest BCUT2D eigenvalue weighted by Gasteiger charge is -2.16. The Morgan fingerprint density at radius 1 is 1.41 bits per heavy atom. The minimum Gasteiger partial charge on any atom is -0.480 e. The lowest BCUT2D eigenvalue weighted by Crippen LogP contribution is -2.24. The number of nitrogens with one attached hydrogen (secondary N) is 1. The second kappa shape index (κ2) is 5.65. The molecule has 0 radical (unpaired) electrons. The zero-order valence-electron chi connectivity index (χ0n) is 9.62. The fourth-order valence-electron chi connectivity index (χ4n) is 1.53. The van der Waals surface area contributed by atoms with Crippen LogP contribution in [0, 0.1) is 0 Å². The van der Waals surface area contributed by atoms with Crippen molar-refractivity contribution >= 4 is 11.5 Å². The van der Waals surface area contributed by atoms with Gasteiger partial charge in [0.2, 0.25) is 5.88 Å². The van der Waals surface area contributed by atoms with Gasteiger partial charge >= 0.3 is 0 Å². The summed E-state index contributed by atoms with van der Waals surface area (Å²) in [5, 5.41) is 9.26. The summed E-state index contributed by atoms with van der Waals surface area (Å²) in [6.07, 6.45) is 3.24. The van der Waals surface area contributed by atoms with E-state index >= 15 is 0 Å². The van der Waals surface area contributed by atoms with Crippen LogP contribution in [-0.4, -0.2) is 33.2 Å². The minimum atomic E-state index is -0.137. The van der Waals surface area contributed by atoms with Crippen LogP contribution in [0.2, 0.25) is 0 Å². The van der Waals surface area contributed by atoms with E-state index in [9.17, 15) is 0 Å². The van der Waals surface area contributed by atoms with Crippen molar-refractivity contribution in [1.29, 1.82) is 0 Å². The summed E-state index contributed by atoms with van der Waals surface area (Å²) in [6.45, 7) is 2.82. The molecule has 1 N–H and O–H groups in total. The number of hydrogen-bond donors (Lipinski definition) is 1. The maximum absolute atomic E-state index is 5.21. The molecule has 0 saturated heterocycles. The predicted octanol–water partition coefficient (Wildman–Crippen LogP) is 1.04. The topological polar surface area (TPSA) is 72.8 Å². The fourth-order valence-corrected chi connectivity index (χ4v) is 2.01. The first-order valence-electron chi connectivity index (χ1n) is 5.22. The molecule has 0 saturated carbocycles. The van der Waals surface area contributed by atoms with Crippen LogP contribution < -0.4 is 10.1 Å². The third kappa shape index (κ3) is 2.56. The highest BCUT2D eigenvalue weighted by Crippen LogP contribution is 2.25. The quantitative estimate of drug-likeness (QED) is 0.856. The summed E-state index contributed by atoms with van der Waals surface area (Å²) < 4.78 is 9.08. The molecule has 2 heterocycles. The van der Waals surface area contributed by atoms with Crippen molar-refractivity contribution in [3.05, 3.63) is 29.2 Å². The Labute approximate surface area is 103 Å². The molecule has 1 unspecified atom stereocenters. The minimum absolute atomic E-state index is 0.137. The molecule has 0 aliphatic heterocycles. The number of ether oxygens (including phenoxy) is 1. The van der Waals surface area contributed by atoms with Gasteiger partial charge in [-0.3, -0.25) is 4.98 Å². The summed E-state index contributed by atoms with van der Waals surface area (Å²) in [5.41, 5.74) is 1.56. The predicted molar refractivity (Wildman–Crippen MR) is 64.0 cm³/mol. The van der Waals surface area contributed by atoms with Gasteiger partial charge in [-0.2, -0.15) is 0 Å². The molecule has 0 aromatic carbocycles. The molecule has 0 aliphatic carbocycles. The highest BCUT2D eigenvalue weighted by molar-refractivity contribution is 7.03. The van der Waals surface area contributed by atoms with E-state index in [0.29, 0.717) is 5.88 Å². The summed E-state index contributed by atoms with van der Waals surface area (Å²) >= 11 is 1.31. The Morgan fingerprint density at radius 3 is 2.88 bits per heavy atom. The molecule has 7 heteroatoms. The van der Waals surface area contributed by atoms with Crippen LogP contribution >= 0.6 is 11.5 Å². The lowest BCUT2D eigenvalue weighted by molar-refractivity contribution is 0.382. The van der Waals surface area contributed by atoms with E-state index in [1.54, 1.807) is 19.5 Å². The van der Waals surface area contributed by atoms with Crippen molar-refractivity contribution in [1.82, 2.24) is 24.9 Å². The Hall–Kier alpha value is -1.60. The first-order valence-corrected chi connectivity index (χ1v) is 6.05. The summed E-state index contributed by atoms with van der Waals surface area (Å²) in [7, 11) is 1.58. The van der Waals surface area contributed by atoms with Crippen LogP contribution in [0.4, 0.5) is 0 Å². The second-order valence-corrected chi connectivity index (χ2v) is 3.88. The number of hydrogen-bond acceptors (Lipinski definition) is 7. The Morgan fingerprint density at radius 2 is 2.24 bits per heavy atom. The highest BCUT2D eigenvalue weighted by atomic mass is 32.1. The van der Waals surface area contributed by atoms with Crippen LogP contribution in [0.5, 0.6) is 5.88 Å². The molecule has 2 aromatic heterocycles. The van der Waals surface area contributed by atoms with Crippen LogP contribution in [0.1, 0.15) is 24.4 Å². The van der Waals surface area contributed by atoms with Crippen LogP contribution in [0.25, 0.3) is 0 Å². The molecule has 0 aliphatic rings. The van der Waals surface area contributed by atoms with Crippen molar-refractivity contribution in [2.45, 2.75) is 13.0 Å². The number of aromatic nitrogens is 4. The molecule has 1 atom stereocenters. The third-order valence-corrected chi connectivity index (χ3v) is 2.76. The largest absolute Gasteiger partial charge is 0.480 e. The molecule has 2 aromatic rings. The Bertz CT molecular complexity index is 461. The van der Waals surface area contributed by atoms with Gasteiger partial charge in [0.1, 0.15) is 11.7 Å². The van der Waals surface area contributed by atoms with Gasteiger partial charge in [0.25, 0.3) is 0 Å². The SMILES string of the molecule is CCNC(c1csnn1)c1nccnc1OC. The molecule has 6 nitrogen and oxygen atoms in total. The first-order chi connectivity index (χ1) is 8.36. The highest BCUT2D eigenvalue weighted by Gasteiger charge is 2.21.